The average molecular weight is 225 g/mol. The lowest BCUT2D eigenvalue weighted by Crippen LogP contribution is -2.35. The van der Waals surface area contributed by atoms with Crippen molar-refractivity contribution < 1.29 is 4.52 Å². The molecule has 0 aromatic carbocycles. The summed E-state index contributed by atoms with van der Waals surface area (Å²) in [6, 6.07) is 0. The lowest BCUT2D eigenvalue weighted by Gasteiger charge is -2.18. The molecule has 0 saturated heterocycles. The molecule has 0 radical (unpaired) electrons. The molecule has 0 amide bonds. The first kappa shape index (κ1) is 13.2. The van der Waals surface area contributed by atoms with Crippen LogP contribution in [0.5, 0.6) is 0 Å². The minimum atomic E-state index is 0.0681. The Bertz CT molecular complexity index is 331. The summed E-state index contributed by atoms with van der Waals surface area (Å²) < 4.78 is 5.18. The van der Waals surface area contributed by atoms with Crippen LogP contribution in [0.4, 0.5) is 0 Å². The fourth-order valence-electron chi connectivity index (χ4n) is 1.25. The highest BCUT2D eigenvalue weighted by Crippen LogP contribution is 2.18. The SMILES string of the molecule is CC(C)(C)Cc1noc(CNC(C)(C)C)n1. The molecule has 0 fully saturated rings. The summed E-state index contributed by atoms with van der Waals surface area (Å²) in [5, 5.41) is 7.29. The van der Waals surface area contributed by atoms with Crippen molar-refractivity contribution in [3.05, 3.63) is 11.7 Å². The van der Waals surface area contributed by atoms with Gasteiger partial charge in [0.05, 0.1) is 6.54 Å². The summed E-state index contributed by atoms with van der Waals surface area (Å²) in [5.74, 6) is 1.45. The van der Waals surface area contributed by atoms with Gasteiger partial charge in [0.2, 0.25) is 5.89 Å². The maximum atomic E-state index is 5.18. The zero-order valence-corrected chi connectivity index (χ0v) is 11.2. The van der Waals surface area contributed by atoms with E-state index in [1.54, 1.807) is 0 Å². The van der Waals surface area contributed by atoms with Gasteiger partial charge in [-0.3, -0.25) is 0 Å². The number of nitrogens with zero attached hydrogens (tertiary/aromatic N) is 2. The van der Waals surface area contributed by atoms with Crippen molar-refractivity contribution in [2.45, 2.75) is 60.0 Å². The van der Waals surface area contributed by atoms with Crippen LogP contribution in [-0.4, -0.2) is 15.7 Å². The van der Waals surface area contributed by atoms with Crippen LogP contribution in [0.25, 0.3) is 0 Å². The smallest absolute Gasteiger partial charge is 0.240 e. The van der Waals surface area contributed by atoms with Crippen LogP contribution in [0.1, 0.15) is 53.3 Å². The number of nitrogens with one attached hydrogen (secondary N) is 1. The Hall–Kier alpha value is -0.900. The van der Waals surface area contributed by atoms with Crippen molar-refractivity contribution in [2.24, 2.45) is 5.41 Å². The maximum Gasteiger partial charge on any atom is 0.240 e. The molecule has 0 bridgehead atoms. The lowest BCUT2D eigenvalue weighted by molar-refractivity contribution is 0.328. The van der Waals surface area contributed by atoms with Gasteiger partial charge < -0.3 is 9.84 Å². The summed E-state index contributed by atoms with van der Waals surface area (Å²) in [5.41, 5.74) is 0.261. The molecule has 0 aliphatic carbocycles. The van der Waals surface area contributed by atoms with Gasteiger partial charge >= 0.3 is 0 Å². The number of aromatic nitrogens is 2. The summed E-state index contributed by atoms with van der Waals surface area (Å²) in [6.07, 6.45) is 0.839. The normalized spacial score (nSPS) is 13.1. The van der Waals surface area contributed by atoms with Gasteiger partial charge in [-0.05, 0) is 26.2 Å². The summed E-state index contributed by atoms with van der Waals surface area (Å²) in [7, 11) is 0. The highest BCUT2D eigenvalue weighted by Gasteiger charge is 2.17. The van der Waals surface area contributed by atoms with Crippen molar-refractivity contribution in [1.29, 1.82) is 0 Å². The first-order valence-electron chi connectivity index (χ1n) is 5.72. The Kier molecular flexibility index (Phi) is 3.73. The van der Waals surface area contributed by atoms with Crippen LogP contribution in [-0.2, 0) is 13.0 Å². The van der Waals surface area contributed by atoms with Gasteiger partial charge in [0.25, 0.3) is 0 Å². The van der Waals surface area contributed by atoms with E-state index in [2.05, 4.69) is 57.0 Å². The van der Waals surface area contributed by atoms with Crippen molar-refractivity contribution >= 4 is 0 Å². The van der Waals surface area contributed by atoms with Gasteiger partial charge in [-0.15, -0.1) is 0 Å². The fraction of sp³-hybridized carbons (Fsp3) is 0.833. The molecule has 4 nitrogen and oxygen atoms in total. The van der Waals surface area contributed by atoms with Gasteiger partial charge in [0.1, 0.15) is 0 Å². The summed E-state index contributed by atoms with van der Waals surface area (Å²) in [6.45, 7) is 13.4. The zero-order chi connectivity index (χ0) is 12.4. The summed E-state index contributed by atoms with van der Waals surface area (Å²) >= 11 is 0. The Morgan fingerprint density at radius 3 is 2.25 bits per heavy atom. The van der Waals surface area contributed by atoms with Gasteiger partial charge in [-0.2, -0.15) is 4.98 Å². The molecule has 1 aromatic rings. The third-order valence-electron chi connectivity index (χ3n) is 1.97. The van der Waals surface area contributed by atoms with Crippen molar-refractivity contribution in [1.82, 2.24) is 15.5 Å². The molecule has 0 spiro atoms. The van der Waals surface area contributed by atoms with Crippen LogP contribution < -0.4 is 5.32 Å². The van der Waals surface area contributed by atoms with E-state index in [0.717, 1.165) is 12.2 Å². The van der Waals surface area contributed by atoms with E-state index >= 15 is 0 Å². The fourth-order valence-corrected chi connectivity index (χ4v) is 1.25. The first-order valence-corrected chi connectivity index (χ1v) is 5.72. The van der Waals surface area contributed by atoms with Gasteiger partial charge in [0.15, 0.2) is 5.82 Å². The van der Waals surface area contributed by atoms with E-state index in [1.807, 2.05) is 0 Å². The van der Waals surface area contributed by atoms with E-state index in [0.29, 0.717) is 12.4 Å². The molecule has 0 unspecified atom stereocenters. The van der Waals surface area contributed by atoms with Gasteiger partial charge in [0, 0.05) is 12.0 Å². The van der Waals surface area contributed by atoms with Gasteiger partial charge in [-0.1, -0.05) is 25.9 Å². The molecular formula is C12H23N3O. The quantitative estimate of drug-likeness (QED) is 0.859. The van der Waals surface area contributed by atoms with Crippen LogP contribution in [0.15, 0.2) is 4.52 Å². The molecule has 92 valence electrons. The van der Waals surface area contributed by atoms with Crippen molar-refractivity contribution in [3.8, 4) is 0 Å². The van der Waals surface area contributed by atoms with Crippen molar-refractivity contribution in [3.63, 3.8) is 0 Å². The standard InChI is InChI=1S/C12H23N3O/c1-11(2,3)7-9-14-10(16-15-9)8-13-12(4,5)6/h13H,7-8H2,1-6H3. The number of rotatable bonds is 3. The molecule has 0 atom stereocenters. The van der Waals surface area contributed by atoms with Crippen LogP contribution in [0, 0.1) is 5.41 Å². The van der Waals surface area contributed by atoms with Gasteiger partial charge in [-0.25, -0.2) is 0 Å². The average Bonchev–Trinajstić information content (AvgIpc) is 2.44. The lowest BCUT2D eigenvalue weighted by atomic mass is 9.92. The van der Waals surface area contributed by atoms with E-state index in [4.69, 9.17) is 4.52 Å². The molecule has 1 heterocycles. The van der Waals surface area contributed by atoms with Crippen LogP contribution >= 0.6 is 0 Å². The number of hydrogen-bond acceptors (Lipinski definition) is 4. The topological polar surface area (TPSA) is 51.0 Å². The second-order valence-corrected chi connectivity index (χ2v) is 6.45. The third kappa shape index (κ3) is 5.26. The van der Waals surface area contributed by atoms with E-state index < -0.39 is 0 Å². The second kappa shape index (κ2) is 4.53. The molecule has 16 heavy (non-hydrogen) atoms. The minimum Gasteiger partial charge on any atom is -0.338 e. The summed E-state index contributed by atoms with van der Waals surface area (Å²) in [4.78, 5) is 4.36. The van der Waals surface area contributed by atoms with Crippen molar-refractivity contribution in [2.75, 3.05) is 0 Å². The highest BCUT2D eigenvalue weighted by atomic mass is 16.5. The molecule has 4 heteroatoms. The Balaban J connectivity index is 2.52. The van der Waals surface area contributed by atoms with Crippen LogP contribution in [0.3, 0.4) is 0 Å². The first-order chi connectivity index (χ1) is 7.16. The molecule has 1 rings (SSSR count). The van der Waals surface area contributed by atoms with E-state index in [-0.39, 0.29) is 11.0 Å². The maximum absolute atomic E-state index is 5.18. The third-order valence-corrected chi connectivity index (χ3v) is 1.97. The predicted octanol–water partition coefficient (Wildman–Crippen LogP) is 2.55. The molecule has 0 aliphatic rings. The molecule has 1 N–H and O–H groups in total. The van der Waals surface area contributed by atoms with E-state index in [1.165, 1.54) is 0 Å². The van der Waals surface area contributed by atoms with Crippen LogP contribution in [0.2, 0.25) is 0 Å². The molecule has 1 aromatic heterocycles. The minimum absolute atomic E-state index is 0.0681. The molecular weight excluding hydrogens is 202 g/mol. The Morgan fingerprint density at radius 1 is 1.12 bits per heavy atom. The monoisotopic (exact) mass is 225 g/mol. The molecule has 0 aliphatic heterocycles. The largest absolute Gasteiger partial charge is 0.338 e. The highest BCUT2D eigenvalue weighted by molar-refractivity contribution is 4.90. The second-order valence-electron chi connectivity index (χ2n) is 6.45. The number of hydrogen-bond donors (Lipinski definition) is 1. The predicted molar refractivity (Wildman–Crippen MR) is 64.0 cm³/mol. The Labute approximate surface area is 97.8 Å². The van der Waals surface area contributed by atoms with E-state index in [9.17, 15) is 0 Å². The Morgan fingerprint density at radius 2 is 1.75 bits per heavy atom. The zero-order valence-electron chi connectivity index (χ0n) is 11.2. The molecule has 0 saturated carbocycles.